The molecule has 0 atom stereocenters. The van der Waals surface area contributed by atoms with Crippen LogP contribution in [0.15, 0.2) is 246 Å². The van der Waals surface area contributed by atoms with E-state index in [0.717, 1.165) is 188 Å². The van der Waals surface area contributed by atoms with Gasteiger partial charge in [-0.05, 0) is 177 Å². The Kier molecular flexibility index (Phi) is 13.9. The van der Waals surface area contributed by atoms with Crippen molar-refractivity contribution in [2.24, 2.45) is 4.99 Å². The molecule has 12 heteroatoms. The van der Waals surface area contributed by atoms with Crippen LogP contribution in [0.3, 0.4) is 0 Å². The molecule has 0 fully saturated rings. The zero-order valence-corrected chi connectivity index (χ0v) is 53.2. The van der Waals surface area contributed by atoms with Crippen LogP contribution < -0.4 is 0 Å². The van der Waals surface area contributed by atoms with Crippen LogP contribution >= 0.6 is 34.0 Å². The Morgan fingerprint density at radius 2 is 0.495 bits per heavy atom. The molecule has 0 aliphatic carbocycles. The summed E-state index contributed by atoms with van der Waals surface area (Å²) in [4.78, 5) is 45.9. The molecule has 448 valence electrons. The summed E-state index contributed by atoms with van der Waals surface area (Å²) in [5.41, 5.74) is 29.8. The highest BCUT2D eigenvalue weighted by Gasteiger charge is 2.23. The number of rotatable bonds is 10. The Hall–Kier alpha value is -11.9. The zero-order valence-electron chi connectivity index (χ0n) is 50.8. The summed E-state index contributed by atoms with van der Waals surface area (Å²) in [5, 5.41) is 6.37. The second-order valence-electron chi connectivity index (χ2n) is 23.5. The summed E-state index contributed by atoms with van der Waals surface area (Å²) < 4.78 is 0. The average molecular weight is 1270 g/mol. The molecule has 0 amide bonds. The lowest BCUT2D eigenvalue weighted by atomic mass is 10.0. The Balaban J connectivity index is 0.753. The number of fused-ring (bicyclic) bond motifs is 16. The van der Waals surface area contributed by atoms with Gasteiger partial charge in [0.05, 0.1) is 51.2 Å². The molecule has 9 aromatic heterocycles. The maximum Gasteiger partial charge on any atom is 0.0745 e. The molecule has 13 heterocycles. The van der Waals surface area contributed by atoms with E-state index in [1.165, 1.54) is 0 Å². The van der Waals surface area contributed by atoms with Crippen LogP contribution in [0.25, 0.3) is 180 Å². The largest absolute Gasteiger partial charge is 0.354 e. The molecule has 0 saturated carbocycles. The molecular formula is C83H53N9S3. The van der Waals surface area contributed by atoms with E-state index in [-0.39, 0.29) is 0 Å². The quantitative estimate of drug-likeness (QED) is 0.102. The van der Waals surface area contributed by atoms with Gasteiger partial charge in [-0.1, -0.05) is 146 Å². The molecule has 9 nitrogen and oxygen atoms in total. The minimum atomic E-state index is 0.820. The Morgan fingerprint density at radius 3 is 0.768 bits per heavy atom. The molecule has 0 radical (unpaired) electrons. The second-order valence-corrected chi connectivity index (χ2v) is 26.3. The number of thiophene rings is 3. The number of hydrogen-bond donors (Lipinski definition) is 4. The van der Waals surface area contributed by atoms with Gasteiger partial charge in [-0.25, -0.2) is 19.9 Å². The lowest BCUT2D eigenvalue weighted by Gasteiger charge is -2.07. The maximum atomic E-state index is 5.54. The first-order valence-corrected chi connectivity index (χ1v) is 34.0. The Labute approximate surface area is 558 Å². The third kappa shape index (κ3) is 10.3. The topological polar surface area (TPSA) is 127 Å². The minimum absolute atomic E-state index is 0.820. The van der Waals surface area contributed by atoms with Crippen molar-refractivity contribution >= 4 is 139 Å². The van der Waals surface area contributed by atoms with Crippen LogP contribution in [0, 0.1) is 0 Å². The summed E-state index contributed by atoms with van der Waals surface area (Å²) in [6.07, 6.45) is 19.1. The van der Waals surface area contributed by atoms with Gasteiger partial charge in [-0.15, -0.1) is 34.0 Å². The molecule has 4 N–H and O–H groups in total. The first kappa shape index (κ1) is 55.9. The summed E-state index contributed by atoms with van der Waals surface area (Å²) in [6, 6.07) is 78.9. The van der Waals surface area contributed by atoms with Crippen LogP contribution in [-0.2, 0) is 0 Å². The highest BCUT2D eigenvalue weighted by molar-refractivity contribution is 7.14. The van der Waals surface area contributed by atoms with Gasteiger partial charge in [0.15, 0.2) is 0 Å². The summed E-state index contributed by atoms with van der Waals surface area (Å²) in [7, 11) is 0. The molecule has 18 rings (SSSR count). The van der Waals surface area contributed by atoms with E-state index in [2.05, 4.69) is 309 Å². The molecule has 5 aromatic carbocycles. The van der Waals surface area contributed by atoms with Crippen LogP contribution in [0.5, 0.6) is 0 Å². The molecule has 0 spiro atoms. The fourth-order valence-corrected chi connectivity index (χ4v) is 15.8. The van der Waals surface area contributed by atoms with Gasteiger partial charge in [0.25, 0.3) is 0 Å². The van der Waals surface area contributed by atoms with Crippen molar-refractivity contribution in [3.05, 3.63) is 292 Å². The van der Waals surface area contributed by atoms with E-state index < -0.39 is 0 Å². The van der Waals surface area contributed by atoms with Crippen molar-refractivity contribution in [3.63, 3.8) is 0 Å². The summed E-state index contributed by atoms with van der Waals surface area (Å²) >= 11 is 5.13. The lowest BCUT2D eigenvalue weighted by Crippen LogP contribution is -1.90. The van der Waals surface area contributed by atoms with Crippen LogP contribution in [-0.4, -0.2) is 46.1 Å². The molecule has 16 bridgehead atoms. The number of aliphatic imine (C=N–C) groups is 1. The highest BCUT2D eigenvalue weighted by Crippen LogP contribution is 2.43. The first-order valence-electron chi connectivity index (χ1n) is 31.4. The maximum absolute atomic E-state index is 5.54. The van der Waals surface area contributed by atoms with Crippen molar-refractivity contribution in [2.75, 3.05) is 0 Å². The van der Waals surface area contributed by atoms with Gasteiger partial charge < -0.3 is 19.9 Å². The molecule has 4 aliphatic rings. The molecule has 95 heavy (non-hydrogen) atoms. The SMILES string of the molecule is C1=Cc2nc1c(-c1ccccc1)c1ccc([nH]1)c(-c1ccccc1)c1nc(c(-c3ccc(C=Nc4ccc(-c5c6nc(c(-c7cccs7)c7ccc([nH]7)c(-c7cccs7)c7nc(c(-c8cccs8)c8ccc5[nH]8)C=C7)C=C6)cc4)cc3)c3ccc([nH]3)c2-c2ccccc2)C=C1. The van der Waals surface area contributed by atoms with Gasteiger partial charge in [-0.3, -0.25) is 4.99 Å². The normalized spacial score (nSPS) is 12.4. The minimum Gasteiger partial charge on any atom is -0.354 e. The van der Waals surface area contributed by atoms with E-state index in [9.17, 15) is 0 Å². The molecule has 0 saturated heterocycles. The van der Waals surface area contributed by atoms with Gasteiger partial charge in [0.1, 0.15) is 0 Å². The van der Waals surface area contributed by atoms with Crippen LogP contribution in [0.1, 0.15) is 51.1 Å². The van der Waals surface area contributed by atoms with Crippen molar-refractivity contribution in [1.29, 1.82) is 0 Å². The second kappa shape index (κ2) is 23.6. The smallest absolute Gasteiger partial charge is 0.0745 e. The molecule has 0 unspecified atom stereocenters. The number of nitrogens with zero attached hydrogens (tertiary/aromatic N) is 5. The molecule has 4 aliphatic heterocycles. The molecular weight excluding hydrogens is 1220 g/mol. The Bertz CT molecular complexity index is 5780. The Morgan fingerprint density at radius 1 is 0.242 bits per heavy atom. The third-order valence-electron chi connectivity index (χ3n) is 17.7. The third-order valence-corrected chi connectivity index (χ3v) is 20.4. The standard InChI is InChI=1S/C83H53N9S3/c1-4-13-51(14-5-1)76-57-30-32-59(85-57)77(52-15-6-2-7-16-52)61-34-36-63(87-61)79(64-37-35-62(88-64)78(53-17-8-3-9-18-53)60-33-31-58(76)86-60)54-24-22-50(23-25-54)49-84-56-28-26-55(27-29-56)80-65-38-40-67(89-65)81(73-19-10-46-93-73)69-42-44-71(91-69)83(75-21-12-48-95-75)72-45-43-70(92-72)82(74-20-11-47-94-74)68-41-39-66(80)90-68/h1-49,85,88-89,92H. The number of aromatic amines is 4. The number of nitrogens with one attached hydrogen (secondary N) is 4. The van der Waals surface area contributed by atoms with Crippen molar-refractivity contribution < 1.29 is 0 Å². The predicted octanol–water partition coefficient (Wildman–Crippen LogP) is 22.9. The zero-order chi connectivity index (χ0) is 62.8. The van der Waals surface area contributed by atoms with E-state index >= 15 is 0 Å². The van der Waals surface area contributed by atoms with E-state index in [4.69, 9.17) is 24.9 Å². The predicted molar refractivity (Wildman–Crippen MR) is 402 cm³/mol. The van der Waals surface area contributed by atoms with Crippen molar-refractivity contribution in [3.8, 4) is 87.0 Å². The van der Waals surface area contributed by atoms with Gasteiger partial charge in [0.2, 0.25) is 0 Å². The highest BCUT2D eigenvalue weighted by atomic mass is 32.1. The number of benzene rings is 5. The summed E-state index contributed by atoms with van der Waals surface area (Å²) in [5.74, 6) is 0. The summed E-state index contributed by atoms with van der Waals surface area (Å²) in [6.45, 7) is 0. The number of aromatic nitrogens is 8. The van der Waals surface area contributed by atoms with E-state index in [1.54, 1.807) is 34.0 Å². The fraction of sp³-hybridized carbons (Fsp3) is 0. The first-order chi connectivity index (χ1) is 47.0. The lowest BCUT2D eigenvalue weighted by molar-refractivity contribution is 1.31. The van der Waals surface area contributed by atoms with Crippen LogP contribution in [0.2, 0.25) is 0 Å². The van der Waals surface area contributed by atoms with E-state index in [1.807, 2.05) is 6.21 Å². The van der Waals surface area contributed by atoms with Crippen LogP contribution in [0.4, 0.5) is 5.69 Å². The van der Waals surface area contributed by atoms with Gasteiger partial charge >= 0.3 is 0 Å². The van der Waals surface area contributed by atoms with Crippen molar-refractivity contribution in [2.45, 2.75) is 0 Å². The molecule has 14 aromatic rings. The fourth-order valence-electron chi connectivity index (χ4n) is 13.4. The average Bonchev–Trinajstić information content (AvgIpc) is 1.63. The van der Waals surface area contributed by atoms with Gasteiger partial charge in [0, 0.05) is 109 Å². The van der Waals surface area contributed by atoms with E-state index in [0.29, 0.717) is 0 Å². The monoisotopic (exact) mass is 1270 g/mol. The number of hydrogen-bond acceptors (Lipinski definition) is 8. The number of H-pyrrole nitrogens is 4. The van der Waals surface area contributed by atoms with Crippen molar-refractivity contribution in [1.82, 2.24) is 39.9 Å². The van der Waals surface area contributed by atoms with Gasteiger partial charge in [-0.2, -0.15) is 0 Å².